The molecular weight excluding hydrogens is 152 g/mol. The van der Waals surface area contributed by atoms with Gasteiger partial charge in [-0.1, -0.05) is 32.9 Å². The lowest BCUT2D eigenvalue weighted by Crippen LogP contribution is -2.40. The molecule has 0 bridgehead atoms. The van der Waals surface area contributed by atoms with Crippen molar-refractivity contribution in [3.8, 4) is 0 Å². The van der Waals surface area contributed by atoms with Gasteiger partial charge in [0.05, 0.1) is 12.7 Å². The third-order valence-corrected chi connectivity index (χ3v) is 2.59. The molecule has 72 valence electrons. The zero-order valence-corrected chi connectivity index (χ0v) is 8.46. The van der Waals surface area contributed by atoms with E-state index >= 15 is 0 Å². The van der Waals surface area contributed by atoms with Gasteiger partial charge in [-0.05, 0) is 12.8 Å². The zero-order valence-electron chi connectivity index (χ0n) is 8.46. The summed E-state index contributed by atoms with van der Waals surface area (Å²) < 4.78 is 0. The molecule has 2 N–H and O–H groups in total. The van der Waals surface area contributed by atoms with Crippen LogP contribution in [0.15, 0.2) is 12.2 Å². The molecule has 0 saturated carbocycles. The molecule has 0 radical (unpaired) electrons. The quantitative estimate of drug-likeness (QED) is 0.632. The molecule has 0 spiro atoms. The number of hydrogen-bond donors (Lipinski definition) is 2. The summed E-state index contributed by atoms with van der Waals surface area (Å²) >= 11 is 0. The average molecular weight is 172 g/mol. The van der Waals surface area contributed by atoms with Gasteiger partial charge in [0, 0.05) is 5.41 Å². The Hall–Kier alpha value is -0.340. The van der Waals surface area contributed by atoms with E-state index in [0.29, 0.717) is 0 Å². The van der Waals surface area contributed by atoms with Crippen molar-refractivity contribution in [1.29, 1.82) is 0 Å². The maximum atomic E-state index is 9.80. The Labute approximate surface area is 74.9 Å². The van der Waals surface area contributed by atoms with Crippen LogP contribution in [0, 0.1) is 11.3 Å². The minimum absolute atomic E-state index is 0.0539. The van der Waals surface area contributed by atoms with Crippen molar-refractivity contribution < 1.29 is 10.2 Å². The molecular formula is C10H20O2. The first-order valence-corrected chi connectivity index (χ1v) is 4.31. The van der Waals surface area contributed by atoms with Crippen molar-refractivity contribution in [3.05, 3.63) is 12.2 Å². The van der Waals surface area contributed by atoms with Crippen LogP contribution in [-0.2, 0) is 0 Å². The van der Waals surface area contributed by atoms with E-state index < -0.39 is 11.5 Å². The van der Waals surface area contributed by atoms with E-state index in [2.05, 4.69) is 6.58 Å². The van der Waals surface area contributed by atoms with Gasteiger partial charge in [0.25, 0.3) is 0 Å². The van der Waals surface area contributed by atoms with Gasteiger partial charge < -0.3 is 10.2 Å². The molecule has 0 aromatic carbocycles. The first kappa shape index (κ1) is 11.7. The molecule has 0 unspecified atom stereocenters. The predicted octanol–water partition coefficient (Wildman–Crippen LogP) is 1.58. The van der Waals surface area contributed by atoms with E-state index in [9.17, 15) is 5.11 Å². The topological polar surface area (TPSA) is 40.5 Å². The Balaban J connectivity index is 4.63. The third kappa shape index (κ3) is 2.08. The van der Waals surface area contributed by atoms with Gasteiger partial charge in [-0.25, -0.2) is 0 Å². The minimum atomic E-state index is -0.561. The van der Waals surface area contributed by atoms with Gasteiger partial charge in [0.2, 0.25) is 0 Å². The second-order valence-electron chi connectivity index (χ2n) is 4.04. The summed E-state index contributed by atoms with van der Waals surface area (Å²) in [7, 11) is 0. The van der Waals surface area contributed by atoms with Crippen molar-refractivity contribution in [2.75, 3.05) is 6.61 Å². The van der Waals surface area contributed by atoms with Crippen molar-refractivity contribution >= 4 is 0 Å². The summed E-state index contributed by atoms with van der Waals surface area (Å²) in [4.78, 5) is 0. The molecule has 0 aliphatic rings. The Morgan fingerprint density at radius 3 is 2.00 bits per heavy atom. The van der Waals surface area contributed by atoms with Crippen LogP contribution in [0.25, 0.3) is 0 Å². The van der Waals surface area contributed by atoms with Crippen LogP contribution < -0.4 is 0 Å². The van der Waals surface area contributed by atoms with Crippen molar-refractivity contribution in [2.45, 2.75) is 33.8 Å². The van der Waals surface area contributed by atoms with Gasteiger partial charge in [-0.15, -0.1) is 0 Å². The summed E-state index contributed by atoms with van der Waals surface area (Å²) in [5.74, 6) is 0.138. The van der Waals surface area contributed by atoms with Crippen molar-refractivity contribution in [1.82, 2.24) is 0 Å². The first-order valence-electron chi connectivity index (χ1n) is 4.31. The zero-order chi connectivity index (χ0) is 9.94. The van der Waals surface area contributed by atoms with E-state index in [4.69, 9.17) is 5.11 Å². The highest BCUT2D eigenvalue weighted by Crippen LogP contribution is 2.32. The normalized spacial score (nSPS) is 18.9. The molecule has 0 aromatic rings. The minimum Gasteiger partial charge on any atom is -0.395 e. The molecule has 0 aromatic heterocycles. The highest BCUT2D eigenvalue weighted by molar-refractivity contribution is 5.09. The van der Waals surface area contributed by atoms with Crippen molar-refractivity contribution in [3.63, 3.8) is 0 Å². The lowest BCUT2D eigenvalue weighted by atomic mass is 9.75. The van der Waals surface area contributed by atoms with Crippen LogP contribution in [-0.4, -0.2) is 22.9 Å². The summed E-state index contributed by atoms with van der Waals surface area (Å²) in [5.41, 5.74) is 0.264. The standard InChI is InChI=1S/C10H20O2/c1-7(2)9(12)10(5,6-11)8(3)4/h7,9,11-12H,3,6H2,1-2,4-5H3/t9-,10-/m0/s1. The summed E-state index contributed by atoms with van der Waals surface area (Å²) in [5, 5.41) is 18.9. The third-order valence-electron chi connectivity index (χ3n) is 2.59. The van der Waals surface area contributed by atoms with E-state index in [1.165, 1.54) is 0 Å². The molecule has 2 heteroatoms. The molecule has 0 amide bonds. The van der Waals surface area contributed by atoms with Crippen LogP contribution in [0.5, 0.6) is 0 Å². The van der Waals surface area contributed by atoms with Gasteiger partial charge in [-0.2, -0.15) is 0 Å². The van der Waals surface area contributed by atoms with Crippen LogP contribution in [0.2, 0.25) is 0 Å². The molecule has 0 saturated heterocycles. The largest absolute Gasteiger partial charge is 0.395 e. The van der Waals surface area contributed by atoms with E-state index in [1.807, 2.05) is 27.7 Å². The number of rotatable bonds is 4. The molecule has 12 heavy (non-hydrogen) atoms. The fourth-order valence-corrected chi connectivity index (χ4v) is 1.22. The molecule has 2 nitrogen and oxygen atoms in total. The summed E-state index contributed by atoms with van der Waals surface area (Å²) in [6.45, 7) is 11.3. The van der Waals surface area contributed by atoms with Crippen LogP contribution >= 0.6 is 0 Å². The second-order valence-corrected chi connectivity index (χ2v) is 4.04. The van der Waals surface area contributed by atoms with Crippen LogP contribution in [0.4, 0.5) is 0 Å². The monoisotopic (exact) mass is 172 g/mol. The Morgan fingerprint density at radius 1 is 1.50 bits per heavy atom. The van der Waals surface area contributed by atoms with E-state index in [-0.39, 0.29) is 12.5 Å². The average Bonchev–Trinajstić information content (AvgIpc) is 2.01. The maximum absolute atomic E-state index is 9.80. The lowest BCUT2D eigenvalue weighted by Gasteiger charge is -2.35. The van der Waals surface area contributed by atoms with Crippen LogP contribution in [0.3, 0.4) is 0 Å². The molecule has 0 rings (SSSR count). The van der Waals surface area contributed by atoms with Gasteiger partial charge in [0.1, 0.15) is 0 Å². The first-order chi connectivity index (χ1) is 5.36. The lowest BCUT2D eigenvalue weighted by molar-refractivity contribution is -0.00887. The fourth-order valence-electron chi connectivity index (χ4n) is 1.22. The van der Waals surface area contributed by atoms with Gasteiger partial charge >= 0.3 is 0 Å². The summed E-state index contributed by atoms with van der Waals surface area (Å²) in [6, 6.07) is 0. The molecule has 0 aliphatic carbocycles. The highest BCUT2D eigenvalue weighted by atomic mass is 16.3. The van der Waals surface area contributed by atoms with Gasteiger partial charge in [-0.3, -0.25) is 0 Å². The Morgan fingerprint density at radius 2 is 1.92 bits per heavy atom. The number of aliphatic hydroxyl groups excluding tert-OH is 2. The maximum Gasteiger partial charge on any atom is 0.0675 e. The smallest absolute Gasteiger partial charge is 0.0675 e. The molecule has 0 fully saturated rings. The molecule has 0 aliphatic heterocycles. The number of hydrogen-bond acceptors (Lipinski definition) is 2. The number of aliphatic hydroxyl groups is 2. The Kier molecular flexibility index (Phi) is 3.94. The van der Waals surface area contributed by atoms with E-state index in [1.54, 1.807) is 0 Å². The fraction of sp³-hybridized carbons (Fsp3) is 0.800. The highest BCUT2D eigenvalue weighted by Gasteiger charge is 2.34. The van der Waals surface area contributed by atoms with Crippen LogP contribution in [0.1, 0.15) is 27.7 Å². The predicted molar refractivity (Wildman–Crippen MR) is 50.9 cm³/mol. The van der Waals surface area contributed by atoms with E-state index in [0.717, 1.165) is 5.57 Å². The van der Waals surface area contributed by atoms with Gasteiger partial charge in [0.15, 0.2) is 0 Å². The Bertz CT molecular complexity index is 163. The summed E-state index contributed by atoms with van der Waals surface area (Å²) in [6.07, 6.45) is -0.528. The van der Waals surface area contributed by atoms with Crippen molar-refractivity contribution in [2.24, 2.45) is 11.3 Å². The SMILES string of the molecule is C=C(C)[C@](C)(CO)[C@@H](O)C(C)C. The second kappa shape index (κ2) is 4.06. The molecule has 2 atom stereocenters. The molecule has 0 heterocycles.